The number of aromatic nitrogens is 2. The first kappa shape index (κ1) is 10.2. The van der Waals surface area contributed by atoms with Crippen molar-refractivity contribution in [1.82, 2.24) is 9.97 Å². The maximum Gasteiger partial charge on any atom is 0.221 e. The van der Waals surface area contributed by atoms with Crippen molar-refractivity contribution in [2.45, 2.75) is 26.2 Å². The van der Waals surface area contributed by atoms with Crippen molar-refractivity contribution in [2.75, 3.05) is 19.0 Å². The van der Waals surface area contributed by atoms with E-state index in [9.17, 15) is 0 Å². The van der Waals surface area contributed by atoms with Crippen LogP contribution in [-0.2, 0) is 0 Å². The van der Waals surface area contributed by atoms with Crippen LogP contribution in [0.5, 0.6) is 5.88 Å². The van der Waals surface area contributed by atoms with Crippen LogP contribution in [0.3, 0.4) is 0 Å². The van der Waals surface area contributed by atoms with Crippen LogP contribution < -0.4 is 10.1 Å². The lowest BCUT2D eigenvalue weighted by Crippen LogP contribution is -2.07. The fraction of sp³-hybridized carbons (Fsp3) is 0.636. The van der Waals surface area contributed by atoms with E-state index in [1.54, 1.807) is 7.11 Å². The van der Waals surface area contributed by atoms with Gasteiger partial charge in [-0.15, -0.1) is 0 Å². The summed E-state index contributed by atoms with van der Waals surface area (Å²) in [7, 11) is 1.63. The third-order valence-electron chi connectivity index (χ3n) is 2.77. The molecule has 1 heterocycles. The summed E-state index contributed by atoms with van der Waals surface area (Å²) in [4.78, 5) is 8.24. The zero-order valence-corrected chi connectivity index (χ0v) is 9.29. The van der Waals surface area contributed by atoms with Gasteiger partial charge in [-0.2, -0.15) is 0 Å². The van der Waals surface area contributed by atoms with E-state index >= 15 is 0 Å². The van der Waals surface area contributed by atoms with E-state index in [4.69, 9.17) is 4.74 Å². The van der Waals surface area contributed by atoms with Gasteiger partial charge in [-0.1, -0.05) is 12.8 Å². The van der Waals surface area contributed by atoms with E-state index in [2.05, 4.69) is 15.3 Å². The number of nitrogens with zero attached hydrogens (tertiary/aromatic N) is 2. The molecule has 0 spiro atoms. The van der Waals surface area contributed by atoms with E-state index in [-0.39, 0.29) is 0 Å². The average molecular weight is 207 g/mol. The highest BCUT2D eigenvalue weighted by Gasteiger charge is 2.20. The number of ether oxygens (including phenoxy) is 1. The number of hydrogen-bond acceptors (Lipinski definition) is 4. The van der Waals surface area contributed by atoms with Gasteiger partial charge in [0.2, 0.25) is 5.88 Å². The third kappa shape index (κ3) is 2.58. The lowest BCUT2D eigenvalue weighted by atomic mass is 10.3. The molecule has 0 aromatic carbocycles. The first-order valence-electron chi connectivity index (χ1n) is 5.40. The fourth-order valence-corrected chi connectivity index (χ4v) is 1.62. The van der Waals surface area contributed by atoms with Gasteiger partial charge in [0.1, 0.15) is 12.1 Å². The zero-order chi connectivity index (χ0) is 10.7. The van der Waals surface area contributed by atoms with Gasteiger partial charge in [-0.25, -0.2) is 9.97 Å². The van der Waals surface area contributed by atoms with E-state index < -0.39 is 0 Å². The summed E-state index contributed by atoms with van der Waals surface area (Å²) < 4.78 is 5.13. The molecule has 0 unspecified atom stereocenters. The lowest BCUT2D eigenvalue weighted by molar-refractivity contribution is 0.393. The number of rotatable bonds is 5. The van der Waals surface area contributed by atoms with E-state index in [0.717, 1.165) is 23.8 Å². The second-order valence-corrected chi connectivity index (χ2v) is 4.02. The largest absolute Gasteiger partial charge is 0.481 e. The average Bonchev–Trinajstić information content (AvgIpc) is 3.04. The molecule has 1 aliphatic carbocycles. The lowest BCUT2D eigenvalue weighted by Gasteiger charge is -2.09. The Morgan fingerprint density at radius 2 is 2.27 bits per heavy atom. The molecule has 1 aliphatic rings. The second kappa shape index (κ2) is 4.47. The molecule has 1 aromatic rings. The van der Waals surface area contributed by atoms with Crippen LogP contribution in [0.1, 0.15) is 24.8 Å². The van der Waals surface area contributed by atoms with Gasteiger partial charge in [0.25, 0.3) is 0 Å². The van der Waals surface area contributed by atoms with E-state index in [0.29, 0.717) is 5.88 Å². The van der Waals surface area contributed by atoms with Crippen molar-refractivity contribution in [2.24, 2.45) is 5.92 Å². The van der Waals surface area contributed by atoms with Crippen LogP contribution in [0, 0.1) is 12.8 Å². The molecule has 4 heteroatoms. The van der Waals surface area contributed by atoms with Crippen LogP contribution in [0.2, 0.25) is 0 Å². The number of methoxy groups -OCH3 is 1. The number of hydrogen-bond donors (Lipinski definition) is 1. The minimum Gasteiger partial charge on any atom is -0.481 e. The van der Waals surface area contributed by atoms with Crippen molar-refractivity contribution in [3.8, 4) is 5.88 Å². The molecule has 0 aliphatic heterocycles. The quantitative estimate of drug-likeness (QED) is 0.802. The van der Waals surface area contributed by atoms with Crippen molar-refractivity contribution in [1.29, 1.82) is 0 Å². The molecule has 1 N–H and O–H groups in total. The molecule has 15 heavy (non-hydrogen) atoms. The fourth-order valence-electron chi connectivity index (χ4n) is 1.62. The van der Waals surface area contributed by atoms with Gasteiger partial charge >= 0.3 is 0 Å². The standard InChI is InChI=1S/C11H17N3O/c1-8-10(12-6-5-9-3-4-9)13-7-14-11(8)15-2/h7,9H,3-6H2,1-2H3,(H,12,13,14). The summed E-state index contributed by atoms with van der Waals surface area (Å²) in [6, 6.07) is 0. The highest BCUT2D eigenvalue weighted by atomic mass is 16.5. The summed E-state index contributed by atoms with van der Waals surface area (Å²) in [5, 5.41) is 3.33. The van der Waals surface area contributed by atoms with Gasteiger partial charge in [-0.05, 0) is 19.3 Å². The normalized spacial score (nSPS) is 15.1. The highest BCUT2D eigenvalue weighted by molar-refractivity contribution is 5.47. The van der Waals surface area contributed by atoms with E-state index in [1.807, 2.05) is 6.92 Å². The predicted molar refractivity (Wildman–Crippen MR) is 59.2 cm³/mol. The maximum atomic E-state index is 5.13. The molecule has 0 amide bonds. The first-order valence-corrected chi connectivity index (χ1v) is 5.40. The Kier molecular flexibility index (Phi) is 3.04. The molecule has 82 valence electrons. The molecule has 2 rings (SSSR count). The van der Waals surface area contributed by atoms with Crippen LogP contribution in [0.15, 0.2) is 6.33 Å². The van der Waals surface area contributed by atoms with E-state index in [1.165, 1.54) is 25.6 Å². The molecule has 0 atom stereocenters. The number of nitrogens with one attached hydrogen (secondary N) is 1. The second-order valence-electron chi connectivity index (χ2n) is 4.02. The van der Waals surface area contributed by atoms with Crippen LogP contribution in [0.4, 0.5) is 5.82 Å². The van der Waals surface area contributed by atoms with Gasteiger partial charge in [0, 0.05) is 6.54 Å². The highest BCUT2D eigenvalue weighted by Crippen LogP contribution is 2.32. The molecule has 1 saturated carbocycles. The molecule has 0 bridgehead atoms. The zero-order valence-electron chi connectivity index (χ0n) is 9.29. The van der Waals surface area contributed by atoms with Crippen LogP contribution in [0.25, 0.3) is 0 Å². The van der Waals surface area contributed by atoms with Crippen molar-refractivity contribution < 1.29 is 4.74 Å². The van der Waals surface area contributed by atoms with Gasteiger partial charge < -0.3 is 10.1 Å². The molecule has 0 radical (unpaired) electrons. The maximum absolute atomic E-state index is 5.13. The predicted octanol–water partition coefficient (Wildman–Crippen LogP) is 2.01. The molecular weight excluding hydrogens is 190 g/mol. The summed E-state index contributed by atoms with van der Waals surface area (Å²) in [5.41, 5.74) is 0.982. The molecule has 4 nitrogen and oxygen atoms in total. The monoisotopic (exact) mass is 207 g/mol. The molecule has 1 aromatic heterocycles. The first-order chi connectivity index (χ1) is 7.31. The Morgan fingerprint density at radius 1 is 1.47 bits per heavy atom. The van der Waals surface area contributed by atoms with Crippen molar-refractivity contribution in [3.63, 3.8) is 0 Å². The Bertz CT molecular complexity index is 337. The Hall–Kier alpha value is -1.32. The third-order valence-corrected chi connectivity index (χ3v) is 2.77. The topological polar surface area (TPSA) is 47.0 Å². The summed E-state index contributed by atoms with van der Waals surface area (Å²) >= 11 is 0. The summed E-state index contributed by atoms with van der Waals surface area (Å²) in [6.07, 6.45) is 5.57. The minimum atomic E-state index is 0.652. The minimum absolute atomic E-state index is 0.652. The molecule has 0 saturated heterocycles. The summed E-state index contributed by atoms with van der Waals surface area (Å²) in [5.74, 6) is 2.49. The van der Waals surface area contributed by atoms with Gasteiger partial charge in [0.05, 0.1) is 12.7 Å². The Labute approximate surface area is 90.1 Å². The van der Waals surface area contributed by atoms with Crippen LogP contribution >= 0.6 is 0 Å². The molecule has 1 fully saturated rings. The Morgan fingerprint density at radius 3 is 2.93 bits per heavy atom. The smallest absolute Gasteiger partial charge is 0.221 e. The van der Waals surface area contributed by atoms with Gasteiger partial charge in [0.15, 0.2) is 0 Å². The van der Waals surface area contributed by atoms with Gasteiger partial charge in [-0.3, -0.25) is 0 Å². The van der Waals surface area contributed by atoms with Crippen molar-refractivity contribution in [3.05, 3.63) is 11.9 Å². The Balaban J connectivity index is 1.93. The summed E-state index contributed by atoms with van der Waals surface area (Å²) in [6.45, 7) is 2.96. The van der Waals surface area contributed by atoms with Crippen molar-refractivity contribution >= 4 is 5.82 Å². The molecular formula is C11H17N3O. The van der Waals surface area contributed by atoms with Crippen LogP contribution in [-0.4, -0.2) is 23.6 Å². The number of anilines is 1. The SMILES string of the molecule is COc1ncnc(NCCC2CC2)c1C.